The molecule has 12 unspecified atom stereocenters. The molecule has 72 heavy (non-hydrogen) atoms. The van der Waals surface area contributed by atoms with Crippen LogP contribution in [0.25, 0.3) is 0 Å². The van der Waals surface area contributed by atoms with Gasteiger partial charge in [0, 0.05) is 6.42 Å². The first-order valence-electron chi connectivity index (χ1n) is 27.1. The van der Waals surface area contributed by atoms with E-state index < -0.39 is 86.8 Å². The lowest BCUT2D eigenvalue weighted by molar-refractivity contribution is -0.359. The monoisotopic (exact) mass is 1010 g/mol. The van der Waals surface area contributed by atoms with Gasteiger partial charge in [-0.3, -0.25) is 4.79 Å². The highest BCUT2D eigenvalue weighted by Crippen LogP contribution is 2.30. The van der Waals surface area contributed by atoms with Gasteiger partial charge in [-0.05, 0) is 83.5 Å². The third-order valence-electron chi connectivity index (χ3n) is 12.5. The lowest BCUT2D eigenvalue weighted by Gasteiger charge is -2.46. The van der Waals surface area contributed by atoms with Crippen LogP contribution in [0.5, 0.6) is 0 Å². The molecule has 0 aromatic heterocycles. The number of aliphatic hydroxyl groups excluding tert-OH is 8. The molecule has 2 heterocycles. The molecule has 2 saturated heterocycles. The molecule has 0 saturated carbocycles. The van der Waals surface area contributed by atoms with E-state index in [-0.39, 0.29) is 18.9 Å². The van der Waals surface area contributed by atoms with E-state index in [0.717, 1.165) is 103 Å². The third kappa shape index (κ3) is 28.9. The van der Waals surface area contributed by atoms with Gasteiger partial charge in [0.1, 0.15) is 48.8 Å². The van der Waals surface area contributed by atoms with Crippen LogP contribution in [0, 0.1) is 0 Å². The lowest BCUT2D eigenvalue weighted by atomic mass is 9.97. The number of aliphatic hydroxyl groups is 8. The first-order valence-corrected chi connectivity index (χ1v) is 27.1. The standard InChI is InChI=1S/C58H95NO13/c1-3-5-7-9-11-13-14-15-16-17-18-19-20-21-22-23-24-25-26-27-28-29-30-31-32-34-36-38-40-42-50(63)59-46(47(62)41-39-37-35-33-12-10-8-6-4-2)45-69-57-55(68)53(66)56(49(44-61)71-57)72-58-54(67)52(65)51(64)48(43-60)70-58/h5,7,11,13,15-16,18-19,21-22,24-25,27-28,30-31,39,41,46-49,51-58,60-62,64-68H,3-4,6,8-10,12,14,17,20,23,26,29,32-38,40,42-45H2,1-2H3,(H,59,63)/b7-5-,13-11-,16-15-,19-18-,22-21-,25-24-,28-27-,31-30-,41-39+. The number of carbonyl (C=O) groups is 1. The minimum absolute atomic E-state index is 0.243. The Hall–Kier alpha value is -3.35. The molecule has 0 aromatic carbocycles. The van der Waals surface area contributed by atoms with Crippen LogP contribution >= 0.6 is 0 Å². The SMILES string of the molecule is CC/C=C\C/C=C\C/C=C\C/C=C\C/C=C\C/C=C\C/C=C\C/C=C\CCCCCCC(=O)NC(COC1OC(CO)C(OC2OC(CO)C(O)C(O)C2O)C(O)C1O)C(O)/C=C/CCCCCCCCC. The van der Waals surface area contributed by atoms with Crippen molar-refractivity contribution in [1.82, 2.24) is 5.32 Å². The van der Waals surface area contributed by atoms with Crippen LogP contribution in [0.15, 0.2) is 109 Å². The van der Waals surface area contributed by atoms with E-state index in [1.807, 2.05) is 6.08 Å². The summed E-state index contributed by atoms with van der Waals surface area (Å²) in [6.07, 6.45) is 42.9. The van der Waals surface area contributed by atoms with Crippen LogP contribution in [0.4, 0.5) is 0 Å². The van der Waals surface area contributed by atoms with Gasteiger partial charge in [0.25, 0.3) is 0 Å². The number of unbranched alkanes of at least 4 members (excludes halogenated alkanes) is 11. The summed E-state index contributed by atoms with van der Waals surface area (Å²) >= 11 is 0. The fourth-order valence-corrected chi connectivity index (χ4v) is 8.07. The van der Waals surface area contributed by atoms with E-state index in [4.69, 9.17) is 18.9 Å². The fraction of sp³-hybridized carbons (Fsp3) is 0.672. The second-order valence-corrected chi connectivity index (χ2v) is 18.6. The molecule has 9 N–H and O–H groups in total. The maximum absolute atomic E-state index is 13.2. The largest absolute Gasteiger partial charge is 0.394 e. The average molecular weight is 1010 g/mol. The Labute approximate surface area is 432 Å². The third-order valence-corrected chi connectivity index (χ3v) is 12.5. The molecular weight excluding hydrogens is 919 g/mol. The van der Waals surface area contributed by atoms with E-state index in [1.54, 1.807) is 6.08 Å². The number of amides is 1. The maximum Gasteiger partial charge on any atom is 0.220 e. The minimum Gasteiger partial charge on any atom is -0.394 e. The predicted octanol–water partition coefficient (Wildman–Crippen LogP) is 8.10. The lowest BCUT2D eigenvalue weighted by Crippen LogP contribution is -2.65. The van der Waals surface area contributed by atoms with E-state index in [0.29, 0.717) is 6.42 Å². The molecule has 1 amide bonds. The van der Waals surface area contributed by atoms with Gasteiger partial charge in [0.15, 0.2) is 12.6 Å². The Kier molecular flexibility index (Phi) is 38.6. The Morgan fingerprint density at radius 2 is 0.958 bits per heavy atom. The molecule has 0 bridgehead atoms. The number of hydrogen-bond acceptors (Lipinski definition) is 13. The van der Waals surface area contributed by atoms with E-state index in [1.165, 1.54) is 25.7 Å². The summed E-state index contributed by atoms with van der Waals surface area (Å²) in [4.78, 5) is 13.2. The number of rotatable bonds is 40. The fourth-order valence-electron chi connectivity index (χ4n) is 8.07. The van der Waals surface area contributed by atoms with Crippen molar-refractivity contribution in [2.75, 3.05) is 19.8 Å². The second kappa shape index (κ2) is 42.9. The van der Waals surface area contributed by atoms with Crippen molar-refractivity contribution in [2.45, 2.75) is 229 Å². The number of ether oxygens (including phenoxy) is 4. The zero-order chi connectivity index (χ0) is 52.4. The summed E-state index contributed by atoms with van der Waals surface area (Å²) in [5.41, 5.74) is 0. The number of carbonyl (C=O) groups excluding carboxylic acids is 1. The van der Waals surface area contributed by atoms with Crippen molar-refractivity contribution in [1.29, 1.82) is 0 Å². The molecule has 0 aromatic rings. The van der Waals surface area contributed by atoms with Crippen molar-refractivity contribution < 1.29 is 64.6 Å². The molecule has 2 rings (SSSR count). The van der Waals surface area contributed by atoms with Crippen LogP contribution in [-0.4, -0.2) is 140 Å². The topological polar surface area (TPSA) is 228 Å². The van der Waals surface area contributed by atoms with Gasteiger partial charge < -0.3 is 65.1 Å². The summed E-state index contributed by atoms with van der Waals surface area (Å²) in [6, 6.07) is -0.934. The molecule has 0 radical (unpaired) electrons. The highest BCUT2D eigenvalue weighted by Gasteiger charge is 2.51. The van der Waals surface area contributed by atoms with Gasteiger partial charge in [0.05, 0.1) is 32.0 Å². The van der Waals surface area contributed by atoms with Crippen molar-refractivity contribution in [3.63, 3.8) is 0 Å². The van der Waals surface area contributed by atoms with E-state index in [2.05, 4.69) is 116 Å². The zero-order valence-corrected chi connectivity index (χ0v) is 43.6. The number of nitrogens with one attached hydrogen (secondary N) is 1. The summed E-state index contributed by atoms with van der Waals surface area (Å²) in [7, 11) is 0. The van der Waals surface area contributed by atoms with Gasteiger partial charge in [-0.2, -0.15) is 0 Å². The Balaban J connectivity index is 1.73. The van der Waals surface area contributed by atoms with Crippen molar-refractivity contribution in [3.05, 3.63) is 109 Å². The first-order chi connectivity index (χ1) is 35.1. The highest BCUT2D eigenvalue weighted by molar-refractivity contribution is 5.76. The summed E-state index contributed by atoms with van der Waals surface area (Å²) in [5, 5.41) is 86.6. The Morgan fingerprint density at radius 3 is 1.47 bits per heavy atom. The summed E-state index contributed by atoms with van der Waals surface area (Å²) in [5.74, 6) is -0.273. The average Bonchev–Trinajstić information content (AvgIpc) is 3.38. The van der Waals surface area contributed by atoms with Crippen molar-refractivity contribution >= 4 is 5.91 Å². The van der Waals surface area contributed by atoms with E-state index in [9.17, 15) is 45.6 Å². The molecule has 410 valence electrons. The van der Waals surface area contributed by atoms with Gasteiger partial charge in [-0.25, -0.2) is 0 Å². The van der Waals surface area contributed by atoms with Crippen molar-refractivity contribution in [2.24, 2.45) is 0 Å². The molecule has 14 nitrogen and oxygen atoms in total. The second-order valence-electron chi connectivity index (χ2n) is 18.6. The highest BCUT2D eigenvalue weighted by atomic mass is 16.7. The molecule has 12 atom stereocenters. The van der Waals surface area contributed by atoms with Gasteiger partial charge in [-0.15, -0.1) is 0 Å². The van der Waals surface area contributed by atoms with Crippen LogP contribution < -0.4 is 5.32 Å². The number of hydrogen-bond donors (Lipinski definition) is 9. The quantitative estimate of drug-likeness (QED) is 0.0209. The van der Waals surface area contributed by atoms with Crippen LogP contribution in [0.1, 0.15) is 155 Å². The first kappa shape index (κ1) is 64.8. The van der Waals surface area contributed by atoms with Crippen LogP contribution in [0.2, 0.25) is 0 Å². The normalized spacial score (nSPS) is 26.5. The van der Waals surface area contributed by atoms with Crippen LogP contribution in [-0.2, 0) is 23.7 Å². The van der Waals surface area contributed by atoms with Gasteiger partial charge in [0.2, 0.25) is 5.91 Å². The van der Waals surface area contributed by atoms with Crippen LogP contribution in [0.3, 0.4) is 0 Å². The Bertz CT molecular complexity index is 1620. The molecular formula is C58H95NO13. The molecule has 2 aliphatic heterocycles. The maximum atomic E-state index is 13.2. The summed E-state index contributed by atoms with van der Waals surface area (Å²) in [6.45, 7) is 2.59. The zero-order valence-electron chi connectivity index (χ0n) is 43.6. The van der Waals surface area contributed by atoms with E-state index >= 15 is 0 Å². The molecule has 2 fully saturated rings. The summed E-state index contributed by atoms with van der Waals surface area (Å²) < 4.78 is 22.6. The molecule has 0 aliphatic carbocycles. The Morgan fingerprint density at radius 1 is 0.514 bits per heavy atom. The minimum atomic E-state index is -1.79. The predicted molar refractivity (Wildman–Crippen MR) is 285 cm³/mol. The van der Waals surface area contributed by atoms with Crippen molar-refractivity contribution in [3.8, 4) is 0 Å². The molecule has 14 heteroatoms. The smallest absolute Gasteiger partial charge is 0.220 e. The van der Waals surface area contributed by atoms with Gasteiger partial charge >= 0.3 is 0 Å². The molecule has 0 spiro atoms. The molecule has 2 aliphatic rings. The van der Waals surface area contributed by atoms with Gasteiger partial charge in [-0.1, -0.05) is 175 Å². The number of allylic oxidation sites excluding steroid dienone is 17.